The first-order chi connectivity index (χ1) is 29.0. The van der Waals surface area contributed by atoms with Crippen LogP contribution in [0.25, 0.3) is 0 Å². The highest BCUT2D eigenvalue weighted by molar-refractivity contribution is 5.89. The van der Waals surface area contributed by atoms with E-state index in [0.717, 1.165) is 0 Å². The molecule has 0 aliphatic heterocycles. The second-order valence-electron chi connectivity index (χ2n) is 12.6. The van der Waals surface area contributed by atoms with Gasteiger partial charge in [0.15, 0.2) is 0 Å². The van der Waals surface area contributed by atoms with Gasteiger partial charge < -0.3 is 20.4 Å². The van der Waals surface area contributed by atoms with Crippen LogP contribution in [0.5, 0.6) is 0 Å². The lowest BCUT2D eigenvalue weighted by Gasteiger charge is -1.98. The third-order valence-electron chi connectivity index (χ3n) is 8.27. The summed E-state index contributed by atoms with van der Waals surface area (Å²) in [7, 11) is 0. The van der Waals surface area contributed by atoms with Crippen molar-refractivity contribution in [2.45, 2.75) is 0 Å². The van der Waals surface area contributed by atoms with Crippen LogP contribution in [-0.4, -0.2) is 44.3 Å². The molecule has 0 aliphatic rings. The van der Waals surface area contributed by atoms with Crippen LogP contribution in [0.3, 0.4) is 0 Å². The van der Waals surface area contributed by atoms with Gasteiger partial charge in [0.1, 0.15) is 0 Å². The molecule has 0 spiro atoms. The Balaban J connectivity index is 1.33. The van der Waals surface area contributed by atoms with Gasteiger partial charge in [0.2, 0.25) is 0 Å². The highest BCUT2D eigenvalue weighted by atomic mass is 16.4. The van der Waals surface area contributed by atoms with Gasteiger partial charge in [-0.3, -0.25) is 0 Å². The van der Waals surface area contributed by atoms with E-state index in [2.05, 4.69) is 71.0 Å². The van der Waals surface area contributed by atoms with Gasteiger partial charge in [-0.25, -0.2) is 19.2 Å². The number of hydrogen-bond acceptors (Lipinski definition) is 4. The molecule has 0 fully saturated rings. The fourth-order valence-electron chi connectivity index (χ4n) is 5.26. The molecular formula is C52H26O8. The summed E-state index contributed by atoms with van der Waals surface area (Å²) < 4.78 is 0. The van der Waals surface area contributed by atoms with Gasteiger partial charge in [-0.2, -0.15) is 0 Å². The summed E-state index contributed by atoms with van der Waals surface area (Å²) in [6, 6.07) is 35.4. The highest BCUT2D eigenvalue weighted by Gasteiger charge is 2.04. The molecule has 6 rings (SSSR count). The Labute approximate surface area is 344 Å². The monoisotopic (exact) mass is 778 g/mol. The largest absolute Gasteiger partial charge is 0.478 e. The van der Waals surface area contributed by atoms with Crippen LogP contribution in [0, 0.1) is 71.0 Å². The lowest BCUT2D eigenvalue weighted by atomic mass is 10.0. The minimum Gasteiger partial charge on any atom is -0.478 e. The number of rotatable bonds is 4. The third-order valence-corrected chi connectivity index (χ3v) is 8.27. The summed E-state index contributed by atoms with van der Waals surface area (Å²) in [4.78, 5) is 45.0. The molecule has 0 atom stereocenters. The molecule has 8 heteroatoms. The Morgan fingerprint density at radius 2 is 0.417 bits per heavy atom. The average Bonchev–Trinajstić information content (AvgIpc) is 3.25. The molecule has 0 bridgehead atoms. The van der Waals surface area contributed by atoms with Crippen LogP contribution >= 0.6 is 0 Å². The van der Waals surface area contributed by atoms with Crippen molar-refractivity contribution in [1.82, 2.24) is 0 Å². The maximum absolute atomic E-state index is 11.3. The Kier molecular flexibility index (Phi) is 12.7. The van der Waals surface area contributed by atoms with Crippen molar-refractivity contribution in [2.75, 3.05) is 0 Å². The van der Waals surface area contributed by atoms with E-state index in [1.54, 1.807) is 84.9 Å². The molecule has 0 amide bonds. The van der Waals surface area contributed by atoms with Crippen LogP contribution in [0.4, 0.5) is 0 Å². The van der Waals surface area contributed by atoms with Gasteiger partial charge in [-0.15, -0.1) is 0 Å². The van der Waals surface area contributed by atoms with E-state index < -0.39 is 23.9 Å². The molecule has 60 heavy (non-hydrogen) atoms. The normalized spacial score (nSPS) is 9.40. The molecule has 4 N–H and O–H groups in total. The van der Waals surface area contributed by atoms with Crippen LogP contribution < -0.4 is 0 Å². The zero-order valence-electron chi connectivity index (χ0n) is 31.1. The van der Waals surface area contributed by atoms with Gasteiger partial charge in [0.05, 0.1) is 22.3 Å². The summed E-state index contributed by atoms with van der Waals surface area (Å²) in [6.07, 6.45) is 0. The average molecular weight is 779 g/mol. The fourth-order valence-corrected chi connectivity index (χ4v) is 5.26. The van der Waals surface area contributed by atoms with E-state index in [1.165, 1.54) is 48.5 Å². The SMILES string of the molecule is O=C(O)c1ccc(C#Cc2cc(C#CC#Cc3cc(C#Cc4ccc(C(=O)O)cc4)cc(C#Cc4ccc(C(=O)O)cc4)c3)cc(C#Cc3ccc(C(=O)O)cc3)c2)cc1. The Morgan fingerprint density at radius 3 is 0.600 bits per heavy atom. The number of benzene rings is 6. The van der Waals surface area contributed by atoms with Crippen LogP contribution in [0.15, 0.2) is 133 Å². The Bertz CT molecular complexity index is 2680. The summed E-state index contributed by atoms with van der Waals surface area (Å²) >= 11 is 0. The summed E-state index contributed by atoms with van der Waals surface area (Å²) in [6.45, 7) is 0. The van der Waals surface area contributed by atoms with Crippen molar-refractivity contribution in [2.24, 2.45) is 0 Å². The standard InChI is InChI=1S/C52H26O8/c53-49(54)45-21-13-35(14-22-45)5-9-41-29-39(30-42(33-41)10-6-36-15-23-46(24-16-36)50(55)56)3-1-2-4-40-31-43(11-7-37-17-25-47(26-18-37)51(57)58)34-44(32-40)12-8-38-19-27-48(28-20-38)52(59)60/h13-34H,(H,53,54)(H,55,56)(H,57,58)(H,59,60). The second-order valence-corrected chi connectivity index (χ2v) is 12.6. The molecule has 0 saturated carbocycles. The zero-order valence-corrected chi connectivity index (χ0v) is 31.1. The van der Waals surface area contributed by atoms with E-state index in [9.17, 15) is 39.6 Å². The van der Waals surface area contributed by atoms with Gasteiger partial charge in [0.25, 0.3) is 0 Å². The summed E-state index contributed by atoms with van der Waals surface area (Å²) in [5.74, 6) is 32.2. The Hall–Kier alpha value is -9.44. The van der Waals surface area contributed by atoms with Crippen molar-refractivity contribution in [3.8, 4) is 71.0 Å². The van der Waals surface area contributed by atoms with E-state index in [-0.39, 0.29) is 22.3 Å². The quantitative estimate of drug-likeness (QED) is 0.135. The van der Waals surface area contributed by atoms with E-state index >= 15 is 0 Å². The minimum atomic E-state index is -1.04. The van der Waals surface area contributed by atoms with E-state index in [4.69, 9.17) is 0 Å². The number of carboxylic acid groups (broad SMARTS) is 4. The smallest absolute Gasteiger partial charge is 0.335 e. The number of carboxylic acids is 4. The molecule has 6 aromatic rings. The molecule has 282 valence electrons. The van der Waals surface area contributed by atoms with Crippen molar-refractivity contribution < 1.29 is 39.6 Å². The predicted molar refractivity (Wildman–Crippen MR) is 224 cm³/mol. The van der Waals surface area contributed by atoms with Crippen LogP contribution in [0.1, 0.15) is 97.1 Å². The van der Waals surface area contributed by atoms with E-state index in [0.29, 0.717) is 55.6 Å². The molecule has 0 saturated heterocycles. The van der Waals surface area contributed by atoms with Crippen LogP contribution in [-0.2, 0) is 0 Å². The first-order valence-corrected chi connectivity index (χ1v) is 17.7. The third kappa shape index (κ3) is 11.5. The molecule has 0 heterocycles. The first-order valence-electron chi connectivity index (χ1n) is 17.7. The van der Waals surface area contributed by atoms with Gasteiger partial charge >= 0.3 is 23.9 Å². The first kappa shape index (κ1) is 40.2. The molecule has 0 aliphatic carbocycles. The Morgan fingerprint density at radius 1 is 0.250 bits per heavy atom. The number of aromatic carboxylic acids is 4. The zero-order chi connectivity index (χ0) is 42.4. The highest BCUT2D eigenvalue weighted by Crippen LogP contribution is 2.13. The van der Waals surface area contributed by atoms with E-state index in [1.807, 2.05) is 0 Å². The molecular weight excluding hydrogens is 753 g/mol. The van der Waals surface area contributed by atoms with Crippen LogP contribution in [0.2, 0.25) is 0 Å². The van der Waals surface area contributed by atoms with Gasteiger partial charge in [-0.05, 0) is 145 Å². The maximum atomic E-state index is 11.3. The lowest BCUT2D eigenvalue weighted by Crippen LogP contribution is -1.95. The molecule has 0 radical (unpaired) electrons. The van der Waals surface area contributed by atoms with Crippen molar-refractivity contribution >= 4 is 23.9 Å². The summed E-state index contributed by atoms with van der Waals surface area (Å²) in [5.41, 5.74) is 6.50. The van der Waals surface area contributed by atoms with Gasteiger partial charge in [0, 0.05) is 55.6 Å². The molecule has 8 nitrogen and oxygen atoms in total. The number of hydrogen-bond donors (Lipinski definition) is 4. The lowest BCUT2D eigenvalue weighted by molar-refractivity contribution is 0.0686. The topological polar surface area (TPSA) is 149 Å². The minimum absolute atomic E-state index is 0.145. The van der Waals surface area contributed by atoms with Crippen molar-refractivity contribution in [3.05, 3.63) is 211 Å². The van der Waals surface area contributed by atoms with Gasteiger partial charge in [-0.1, -0.05) is 59.2 Å². The predicted octanol–water partition coefficient (Wildman–Crippen LogP) is 7.48. The number of carbonyl (C=O) groups is 4. The van der Waals surface area contributed by atoms with Crippen molar-refractivity contribution in [3.63, 3.8) is 0 Å². The summed E-state index contributed by atoms with van der Waals surface area (Å²) in [5, 5.41) is 36.9. The van der Waals surface area contributed by atoms with Crippen molar-refractivity contribution in [1.29, 1.82) is 0 Å². The maximum Gasteiger partial charge on any atom is 0.335 e. The molecule has 6 aromatic carbocycles. The molecule has 0 aromatic heterocycles. The molecule has 0 unspecified atom stereocenters. The fraction of sp³-hybridized carbons (Fsp3) is 0. The second kappa shape index (κ2) is 18.9.